The number of aliphatic hydroxyl groups excluding tert-OH is 1. The molecule has 0 spiro atoms. The average Bonchev–Trinajstić information content (AvgIpc) is 3.45. The number of hydrogen-bond donors (Lipinski definition) is 3. The molecular weight excluding hydrogens is 635 g/mol. The number of nitro benzene ring substituents is 1. The van der Waals surface area contributed by atoms with Gasteiger partial charge in [0.25, 0.3) is 17.5 Å². The lowest BCUT2D eigenvalue weighted by molar-refractivity contribution is -0.384. The summed E-state index contributed by atoms with van der Waals surface area (Å²) < 4.78 is 5.91. The molecule has 44 heavy (non-hydrogen) atoms. The zero-order valence-corrected chi connectivity index (χ0v) is 25.2. The lowest BCUT2D eigenvalue weighted by atomic mass is 10.0. The number of hydrogen-bond acceptors (Lipinski definition) is 13. The molecule has 14 nitrogen and oxygen atoms in total. The molecular formula is C27H23N5O9S3. The molecule has 3 aromatic rings. The number of thioether (sulfide) groups is 2. The summed E-state index contributed by atoms with van der Waals surface area (Å²) in [5.41, 5.74) is 1.21. The number of esters is 1. The molecule has 1 aromatic heterocycles. The third kappa shape index (κ3) is 6.59. The van der Waals surface area contributed by atoms with Crippen molar-refractivity contribution >= 4 is 64.3 Å². The van der Waals surface area contributed by atoms with Crippen LogP contribution in [0.5, 0.6) is 0 Å². The maximum absolute atomic E-state index is 13.0. The Hall–Kier alpha value is -4.32. The molecule has 2 amide bonds. The number of carboxylic acid groups (broad SMARTS) is 1. The number of benzene rings is 2. The molecule has 0 bridgehead atoms. The van der Waals surface area contributed by atoms with Crippen LogP contribution in [0.25, 0.3) is 0 Å². The van der Waals surface area contributed by atoms with E-state index < -0.39 is 46.2 Å². The SMILES string of the molecule is Cc1nnc(SCC2=C(C(=O)O)N3C(=O)C(NC(=O)C(O)c4ccc(C(=O)OCc5ccc([N+](=O)[O-])cc5)cc4)[C@@H]3SC2)s1. The number of aryl methyl sites for hydroxylation is 1. The lowest BCUT2D eigenvalue weighted by Gasteiger charge is -2.49. The zero-order valence-electron chi connectivity index (χ0n) is 22.7. The van der Waals surface area contributed by atoms with Gasteiger partial charge in [-0.25, -0.2) is 9.59 Å². The van der Waals surface area contributed by atoms with Gasteiger partial charge < -0.3 is 20.3 Å². The minimum absolute atomic E-state index is 0.0866. The van der Waals surface area contributed by atoms with Gasteiger partial charge in [0.2, 0.25) is 0 Å². The number of ether oxygens (including phenoxy) is 1. The molecule has 17 heteroatoms. The Labute approximate surface area is 261 Å². The van der Waals surface area contributed by atoms with Crippen molar-refractivity contribution in [3.05, 3.63) is 91.6 Å². The van der Waals surface area contributed by atoms with Gasteiger partial charge in [0.1, 0.15) is 28.7 Å². The topological polar surface area (TPSA) is 202 Å². The monoisotopic (exact) mass is 657 g/mol. The zero-order chi connectivity index (χ0) is 31.5. The van der Waals surface area contributed by atoms with E-state index in [0.29, 0.717) is 27.0 Å². The Morgan fingerprint density at radius 1 is 1.18 bits per heavy atom. The van der Waals surface area contributed by atoms with E-state index in [1.165, 1.54) is 83.4 Å². The van der Waals surface area contributed by atoms with Gasteiger partial charge in [0, 0.05) is 23.6 Å². The number of nitro groups is 1. The second kappa shape index (κ2) is 13.1. The summed E-state index contributed by atoms with van der Waals surface area (Å²) in [4.78, 5) is 61.7. The number of rotatable bonds is 11. The molecule has 1 fully saturated rings. The van der Waals surface area contributed by atoms with Crippen LogP contribution in [0.2, 0.25) is 0 Å². The van der Waals surface area contributed by atoms with Crippen LogP contribution in [0.1, 0.15) is 32.6 Å². The second-order valence-corrected chi connectivity index (χ2v) is 13.1. The van der Waals surface area contributed by atoms with E-state index in [1.54, 1.807) is 0 Å². The van der Waals surface area contributed by atoms with Crippen molar-refractivity contribution in [3.63, 3.8) is 0 Å². The van der Waals surface area contributed by atoms with Crippen LogP contribution in [-0.4, -0.2) is 76.9 Å². The summed E-state index contributed by atoms with van der Waals surface area (Å²) in [5.74, 6) is -2.73. The van der Waals surface area contributed by atoms with Crippen LogP contribution in [0.4, 0.5) is 5.69 Å². The number of β-lactam (4-membered cyclic amide) rings is 1. The van der Waals surface area contributed by atoms with Crippen molar-refractivity contribution in [2.45, 2.75) is 35.4 Å². The van der Waals surface area contributed by atoms with Crippen molar-refractivity contribution in [2.75, 3.05) is 11.5 Å². The van der Waals surface area contributed by atoms with Gasteiger partial charge in [-0.2, -0.15) is 0 Å². The van der Waals surface area contributed by atoms with Crippen LogP contribution in [0, 0.1) is 17.0 Å². The van der Waals surface area contributed by atoms with Gasteiger partial charge in [0.05, 0.1) is 10.5 Å². The fraction of sp³-hybridized carbons (Fsp3) is 0.259. The number of amides is 2. The number of aromatic nitrogens is 2. The number of aliphatic carboxylic acids is 1. The van der Waals surface area contributed by atoms with Crippen LogP contribution >= 0.6 is 34.9 Å². The van der Waals surface area contributed by atoms with E-state index in [1.807, 2.05) is 6.92 Å². The molecule has 0 saturated carbocycles. The van der Waals surface area contributed by atoms with Gasteiger partial charge in [-0.05, 0) is 47.9 Å². The fourth-order valence-electron chi connectivity index (χ4n) is 4.41. The molecule has 3 heterocycles. The second-order valence-electron chi connectivity index (χ2n) is 9.55. The maximum atomic E-state index is 13.0. The Morgan fingerprint density at radius 2 is 1.89 bits per heavy atom. The maximum Gasteiger partial charge on any atom is 0.352 e. The highest BCUT2D eigenvalue weighted by molar-refractivity contribution is 8.01. The first-order chi connectivity index (χ1) is 21.0. The first-order valence-corrected chi connectivity index (χ1v) is 15.7. The van der Waals surface area contributed by atoms with E-state index in [0.717, 1.165) is 9.91 Å². The van der Waals surface area contributed by atoms with Gasteiger partial charge in [-0.15, -0.1) is 22.0 Å². The van der Waals surface area contributed by atoms with E-state index in [-0.39, 0.29) is 29.1 Å². The summed E-state index contributed by atoms with van der Waals surface area (Å²) in [6, 6.07) is 9.99. The number of fused-ring (bicyclic) bond motifs is 1. The smallest absolute Gasteiger partial charge is 0.352 e. The van der Waals surface area contributed by atoms with E-state index >= 15 is 0 Å². The molecule has 228 valence electrons. The van der Waals surface area contributed by atoms with Crippen LogP contribution < -0.4 is 5.32 Å². The molecule has 3 N–H and O–H groups in total. The number of non-ortho nitro benzene ring substituents is 1. The van der Waals surface area contributed by atoms with Crippen molar-refractivity contribution in [2.24, 2.45) is 0 Å². The van der Waals surface area contributed by atoms with Gasteiger partial charge in [0.15, 0.2) is 10.4 Å². The van der Waals surface area contributed by atoms with Crippen LogP contribution in [0.15, 0.2) is 64.1 Å². The van der Waals surface area contributed by atoms with E-state index in [2.05, 4.69) is 15.5 Å². The van der Waals surface area contributed by atoms with Crippen LogP contribution in [0.3, 0.4) is 0 Å². The molecule has 2 aliphatic rings. The molecule has 5 rings (SSSR count). The molecule has 3 atom stereocenters. The largest absolute Gasteiger partial charge is 0.477 e. The normalized spacial score (nSPS) is 18.2. The minimum Gasteiger partial charge on any atom is -0.477 e. The first-order valence-electron chi connectivity index (χ1n) is 12.8. The number of nitrogens with zero attached hydrogens (tertiary/aromatic N) is 4. The predicted molar refractivity (Wildman–Crippen MR) is 159 cm³/mol. The van der Waals surface area contributed by atoms with Gasteiger partial charge >= 0.3 is 11.9 Å². The number of carbonyl (C=O) groups is 4. The Kier molecular flexibility index (Phi) is 9.28. The third-order valence-electron chi connectivity index (χ3n) is 6.65. The summed E-state index contributed by atoms with van der Waals surface area (Å²) in [6.07, 6.45) is -1.66. The molecule has 0 radical (unpaired) electrons. The van der Waals surface area contributed by atoms with Crippen molar-refractivity contribution in [1.29, 1.82) is 0 Å². The van der Waals surface area contributed by atoms with Crippen molar-refractivity contribution < 1.29 is 39.1 Å². The first kappa shape index (κ1) is 31.1. The standard InChI is InChI=1S/C27H23N5O9S3/c1-13-29-30-27(44-13)43-12-17-11-42-24-19(23(35)31(24)20(17)25(36)37)28-22(34)21(33)15-4-6-16(7-5-15)26(38)41-10-14-2-8-18(9-3-14)32(39)40/h2-9,19,21,24,33H,10-12H2,1H3,(H,28,34)(H,36,37)/t19?,21?,24-/m0/s1. The van der Waals surface area contributed by atoms with Gasteiger partial charge in [-0.3, -0.25) is 24.6 Å². The minimum atomic E-state index is -1.66. The Bertz CT molecular complexity index is 1660. The predicted octanol–water partition coefficient (Wildman–Crippen LogP) is 2.68. The van der Waals surface area contributed by atoms with E-state index in [4.69, 9.17) is 4.74 Å². The number of carbonyl (C=O) groups excluding carboxylic acids is 3. The lowest BCUT2D eigenvalue weighted by Crippen LogP contribution is -2.70. The summed E-state index contributed by atoms with van der Waals surface area (Å²) in [7, 11) is 0. The average molecular weight is 658 g/mol. The molecule has 2 aromatic carbocycles. The quantitative estimate of drug-likeness (QED) is 0.0894. The summed E-state index contributed by atoms with van der Waals surface area (Å²) in [5, 5.41) is 41.9. The van der Waals surface area contributed by atoms with Crippen molar-refractivity contribution in [3.8, 4) is 0 Å². The van der Waals surface area contributed by atoms with E-state index in [9.17, 15) is 39.5 Å². The number of aliphatic hydroxyl groups is 1. The van der Waals surface area contributed by atoms with Gasteiger partial charge in [-0.1, -0.05) is 35.2 Å². The Morgan fingerprint density at radius 3 is 2.50 bits per heavy atom. The highest BCUT2D eigenvalue weighted by Crippen LogP contribution is 2.42. The fourth-order valence-corrected chi connectivity index (χ4v) is 7.71. The van der Waals surface area contributed by atoms with Crippen LogP contribution in [-0.2, 0) is 25.7 Å². The molecule has 0 aliphatic carbocycles. The highest BCUT2D eigenvalue weighted by atomic mass is 32.2. The number of carboxylic acids is 1. The molecule has 2 aliphatic heterocycles. The summed E-state index contributed by atoms with van der Waals surface area (Å²) >= 11 is 4.04. The summed E-state index contributed by atoms with van der Waals surface area (Å²) in [6.45, 7) is 1.70. The molecule has 1 saturated heterocycles. The highest BCUT2D eigenvalue weighted by Gasteiger charge is 2.54. The third-order valence-corrected chi connectivity index (χ3v) is 10.1. The Balaban J connectivity index is 1.16. The number of nitrogens with one attached hydrogen (secondary N) is 1. The van der Waals surface area contributed by atoms with Crippen molar-refractivity contribution in [1.82, 2.24) is 20.4 Å². The molecule has 2 unspecified atom stereocenters.